The van der Waals surface area contributed by atoms with Crippen molar-refractivity contribution < 1.29 is 14.3 Å². The third-order valence-corrected chi connectivity index (χ3v) is 5.72. The van der Waals surface area contributed by atoms with Crippen LogP contribution in [0.4, 0.5) is 4.79 Å². The third kappa shape index (κ3) is 6.23. The van der Waals surface area contributed by atoms with Crippen molar-refractivity contribution >= 4 is 23.6 Å². The van der Waals surface area contributed by atoms with Gasteiger partial charge in [-0.2, -0.15) is 0 Å². The van der Waals surface area contributed by atoms with Crippen LogP contribution in [0, 0.1) is 11.8 Å². The monoisotopic (exact) mass is 428 g/mol. The van der Waals surface area contributed by atoms with Gasteiger partial charge in [0.15, 0.2) is 0 Å². The number of hydrogen-bond donors (Lipinski definition) is 1. The Morgan fingerprint density at radius 2 is 1.70 bits per heavy atom. The average Bonchev–Trinajstić information content (AvgIpc) is 2.74. The summed E-state index contributed by atoms with van der Waals surface area (Å²) in [6, 6.07) is 16.1. The van der Waals surface area contributed by atoms with E-state index in [-0.39, 0.29) is 18.0 Å². The van der Waals surface area contributed by atoms with Crippen molar-refractivity contribution in [1.29, 1.82) is 0 Å². The number of ether oxygens (including phenoxy) is 1. The smallest absolute Gasteiger partial charge is 0.410 e. The largest absolute Gasteiger partial charge is 0.415 e. The van der Waals surface area contributed by atoms with Crippen LogP contribution in [0.2, 0.25) is 5.02 Å². The van der Waals surface area contributed by atoms with Gasteiger partial charge in [-0.15, -0.1) is 0 Å². The number of benzene rings is 2. The van der Waals surface area contributed by atoms with E-state index in [2.05, 4.69) is 19.2 Å². The molecule has 1 atom stereocenters. The fourth-order valence-corrected chi connectivity index (χ4v) is 3.99. The molecule has 0 spiro atoms. The van der Waals surface area contributed by atoms with E-state index in [1.807, 2.05) is 18.2 Å². The van der Waals surface area contributed by atoms with E-state index in [9.17, 15) is 9.59 Å². The summed E-state index contributed by atoms with van der Waals surface area (Å²) >= 11 is 5.93. The molecule has 2 aromatic rings. The van der Waals surface area contributed by atoms with Gasteiger partial charge in [0.2, 0.25) is 0 Å². The molecule has 160 valence electrons. The molecule has 3 rings (SSSR count). The molecule has 2 amide bonds. The molecule has 6 heteroatoms. The first kappa shape index (κ1) is 22.2. The number of rotatable bonds is 6. The molecule has 0 aliphatic carbocycles. The van der Waals surface area contributed by atoms with Crippen LogP contribution in [-0.2, 0) is 0 Å². The third-order valence-electron chi connectivity index (χ3n) is 5.46. The maximum atomic E-state index is 12.7. The standard InChI is InChI=1S/C24H29ClN2O3/c1-17(2)16-22(26-23(28)19-8-10-20(25)11-9-19)18-12-14-27(15-13-18)24(29)30-21-6-4-3-5-7-21/h3-11,17-18,22H,12-16H2,1-2H3,(H,26,28). The lowest BCUT2D eigenvalue weighted by atomic mass is 9.85. The SMILES string of the molecule is CC(C)CC(NC(=O)c1ccc(Cl)cc1)C1CCN(C(=O)Oc2ccccc2)CC1. The van der Waals surface area contributed by atoms with E-state index in [1.165, 1.54) is 0 Å². The normalized spacial score (nSPS) is 15.7. The molecule has 0 radical (unpaired) electrons. The van der Waals surface area contributed by atoms with Crippen molar-refractivity contribution in [2.24, 2.45) is 11.8 Å². The molecule has 0 bridgehead atoms. The van der Waals surface area contributed by atoms with Gasteiger partial charge < -0.3 is 15.0 Å². The van der Waals surface area contributed by atoms with Crippen molar-refractivity contribution in [3.63, 3.8) is 0 Å². The molecule has 1 N–H and O–H groups in total. The van der Waals surface area contributed by atoms with E-state index in [1.54, 1.807) is 41.3 Å². The lowest BCUT2D eigenvalue weighted by Gasteiger charge is -2.36. The Kier molecular flexibility index (Phi) is 7.75. The van der Waals surface area contributed by atoms with Crippen LogP contribution in [0.1, 0.15) is 43.5 Å². The first-order valence-electron chi connectivity index (χ1n) is 10.5. The summed E-state index contributed by atoms with van der Waals surface area (Å²) in [6.07, 6.45) is 2.26. The van der Waals surface area contributed by atoms with Gasteiger partial charge >= 0.3 is 6.09 Å². The zero-order valence-electron chi connectivity index (χ0n) is 17.5. The first-order valence-corrected chi connectivity index (χ1v) is 10.9. The van der Waals surface area contributed by atoms with Gasteiger partial charge in [0.1, 0.15) is 5.75 Å². The Bertz CT molecular complexity index is 831. The minimum absolute atomic E-state index is 0.0699. The maximum Gasteiger partial charge on any atom is 0.415 e. The second kappa shape index (κ2) is 10.5. The number of nitrogens with one attached hydrogen (secondary N) is 1. The quantitative estimate of drug-likeness (QED) is 0.670. The summed E-state index contributed by atoms with van der Waals surface area (Å²) in [5.74, 6) is 1.26. The number of piperidine rings is 1. The second-order valence-electron chi connectivity index (χ2n) is 8.22. The highest BCUT2D eigenvalue weighted by Gasteiger charge is 2.30. The summed E-state index contributed by atoms with van der Waals surface area (Å²) in [6.45, 7) is 5.57. The van der Waals surface area contributed by atoms with Gasteiger partial charge in [-0.05, 0) is 67.5 Å². The van der Waals surface area contributed by atoms with Crippen molar-refractivity contribution in [1.82, 2.24) is 10.2 Å². The number of hydrogen-bond acceptors (Lipinski definition) is 3. The summed E-state index contributed by atoms with van der Waals surface area (Å²) in [5, 5.41) is 3.83. The number of likely N-dealkylation sites (tertiary alicyclic amines) is 1. The van der Waals surface area contributed by atoms with Gasteiger partial charge in [0, 0.05) is 29.7 Å². The van der Waals surface area contributed by atoms with Crippen molar-refractivity contribution in [2.45, 2.75) is 39.2 Å². The van der Waals surface area contributed by atoms with Gasteiger partial charge in [-0.1, -0.05) is 43.6 Å². The van der Waals surface area contributed by atoms with E-state index >= 15 is 0 Å². The number of carbonyl (C=O) groups excluding carboxylic acids is 2. The molecule has 1 unspecified atom stereocenters. The summed E-state index contributed by atoms with van der Waals surface area (Å²) in [4.78, 5) is 26.9. The van der Waals surface area contributed by atoms with Crippen LogP contribution < -0.4 is 10.1 Å². The molecule has 1 heterocycles. The lowest BCUT2D eigenvalue weighted by Crippen LogP contribution is -2.47. The van der Waals surface area contributed by atoms with E-state index in [0.717, 1.165) is 19.3 Å². The van der Waals surface area contributed by atoms with Crippen LogP contribution >= 0.6 is 11.6 Å². The van der Waals surface area contributed by atoms with Crippen LogP contribution in [0.3, 0.4) is 0 Å². The lowest BCUT2D eigenvalue weighted by molar-refractivity contribution is 0.0871. The fraction of sp³-hybridized carbons (Fsp3) is 0.417. The zero-order valence-corrected chi connectivity index (χ0v) is 18.3. The van der Waals surface area contributed by atoms with Crippen molar-refractivity contribution in [3.8, 4) is 5.75 Å². The Morgan fingerprint density at radius 1 is 1.07 bits per heavy atom. The van der Waals surface area contributed by atoms with Crippen LogP contribution in [0.5, 0.6) is 5.75 Å². The summed E-state index contributed by atoms with van der Waals surface area (Å²) in [7, 11) is 0. The van der Waals surface area contributed by atoms with Crippen LogP contribution in [-0.4, -0.2) is 36.0 Å². The predicted molar refractivity (Wildman–Crippen MR) is 119 cm³/mol. The fourth-order valence-electron chi connectivity index (χ4n) is 3.87. The second-order valence-corrected chi connectivity index (χ2v) is 8.66. The predicted octanol–water partition coefficient (Wildman–Crippen LogP) is 5.40. The van der Waals surface area contributed by atoms with Gasteiger partial charge in [-0.25, -0.2) is 4.79 Å². The van der Waals surface area contributed by atoms with Gasteiger partial charge in [0.05, 0.1) is 0 Å². The Balaban J connectivity index is 1.57. The topological polar surface area (TPSA) is 58.6 Å². The Hall–Kier alpha value is -2.53. The molecule has 1 aliphatic heterocycles. The minimum Gasteiger partial charge on any atom is -0.410 e. The number of halogens is 1. The zero-order chi connectivity index (χ0) is 21.5. The molecule has 5 nitrogen and oxygen atoms in total. The van der Waals surface area contributed by atoms with E-state index in [4.69, 9.17) is 16.3 Å². The summed E-state index contributed by atoms with van der Waals surface area (Å²) < 4.78 is 5.45. The average molecular weight is 429 g/mol. The molecule has 0 aromatic heterocycles. The first-order chi connectivity index (χ1) is 14.4. The Morgan fingerprint density at radius 3 is 2.30 bits per heavy atom. The van der Waals surface area contributed by atoms with Crippen molar-refractivity contribution in [2.75, 3.05) is 13.1 Å². The highest BCUT2D eigenvalue weighted by molar-refractivity contribution is 6.30. The molecule has 1 fully saturated rings. The minimum atomic E-state index is -0.315. The maximum absolute atomic E-state index is 12.7. The Labute approximate surface area is 183 Å². The molecule has 2 aromatic carbocycles. The van der Waals surface area contributed by atoms with E-state index < -0.39 is 0 Å². The number of amides is 2. The van der Waals surface area contributed by atoms with Gasteiger partial charge in [0.25, 0.3) is 5.91 Å². The molecule has 1 saturated heterocycles. The molecule has 0 saturated carbocycles. The highest BCUT2D eigenvalue weighted by Crippen LogP contribution is 2.26. The number of para-hydroxylation sites is 1. The molecule has 1 aliphatic rings. The summed E-state index contributed by atoms with van der Waals surface area (Å²) in [5.41, 5.74) is 0.608. The molecular formula is C24H29ClN2O3. The van der Waals surface area contributed by atoms with Crippen LogP contribution in [0.25, 0.3) is 0 Å². The van der Waals surface area contributed by atoms with E-state index in [0.29, 0.717) is 41.3 Å². The van der Waals surface area contributed by atoms with Gasteiger partial charge in [-0.3, -0.25) is 4.79 Å². The highest BCUT2D eigenvalue weighted by atomic mass is 35.5. The number of carbonyl (C=O) groups is 2. The molecular weight excluding hydrogens is 400 g/mol. The van der Waals surface area contributed by atoms with Crippen molar-refractivity contribution in [3.05, 3.63) is 65.2 Å². The molecule has 30 heavy (non-hydrogen) atoms. The number of nitrogens with zero attached hydrogens (tertiary/aromatic N) is 1. The van der Waals surface area contributed by atoms with Crippen LogP contribution in [0.15, 0.2) is 54.6 Å².